The number of nitrogens with zero attached hydrogens (tertiary/aromatic N) is 2. The smallest absolute Gasteiger partial charge is 0.261 e. The Labute approximate surface area is 160 Å². The number of nitrogens with one attached hydrogen (secondary N) is 2. The van der Waals surface area contributed by atoms with E-state index in [1.54, 1.807) is 22.8 Å². The zero-order valence-corrected chi connectivity index (χ0v) is 16.6. The highest BCUT2D eigenvalue weighted by Gasteiger charge is 2.15. The van der Waals surface area contributed by atoms with Gasteiger partial charge in [-0.3, -0.25) is 14.2 Å². The lowest BCUT2D eigenvalue weighted by atomic mass is 10.1. The van der Waals surface area contributed by atoms with Gasteiger partial charge in [-0.25, -0.2) is 4.98 Å². The van der Waals surface area contributed by atoms with Gasteiger partial charge in [-0.15, -0.1) is 0 Å². The van der Waals surface area contributed by atoms with E-state index in [9.17, 15) is 9.59 Å². The molecule has 0 saturated heterocycles. The zero-order chi connectivity index (χ0) is 19.4. The van der Waals surface area contributed by atoms with Crippen molar-refractivity contribution in [3.8, 4) is 0 Å². The normalized spacial score (nSPS) is 14.6. The van der Waals surface area contributed by atoms with Gasteiger partial charge in [0, 0.05) is 30.6 Å². The molecule has 1 aliphatic rings. The summed E-state index contributed by atoms with van der Waals surface area (Å²) in [6.45, 7) is 8.57. The molecule has 0 bridgehead atoms. The average Bonchev–Trinajstić information content (AvgIpc) is 2.85. The van der Waals surface area contributed by atoms with Crippen LogP contribution in [-0.2, 0) is 13.0 Å². The summed E-state index contributed by atoms with van der Waals surface area (Å²) in [7, 11) is 0. The van der Waals surface area contributed by atoms with E-state index in [-0.39, 0.29) is 17.0 Å². The molecule has 2 aromatic rings. The van der Waals surface area contributed by atoms with Crippen molar-refractivity contribution in [1.82, 2.24) is 20.2 Å². The molecule has 2 N–H and O–H groups in total. The summed E-state index contributed by atoms with van der Waals surface area (Å²) in [6, 6.07) is 5.20. The number of aromatic nitrogens is 2. The average molecular weight is 370 g/mol. The van der Waals surface area contributed by atoms with Crippen LogP contribution in [0.15, 0.2) is 23.0 Å². The Morgan fingerprint density at radius 3 is 2.78 bits per heavy atom. The van der Waals surface area contributed by atoms with Crippen molar-refractivity contribution < 1.29 is 4.79 Å². The maximum atomic E-state index is 12.7. The van der Waals surface area contributed by atoms with Crippen molar-refractivity contribution in [2.45, 2.75) is 65.0 Å². The Morgan fingerprint density at radius 2 is 2.00 bits per heavy atom. The Hall–Kier alpha value is -2.21. The van der Waals surface area contributed by atoms with Crippen molar-refractivity contribution in [3.63, 3.8) is 0 Å². The fourth-order valence-electron chi connectivity index (χ4n) is 3.42. The molecule has 0 saturated carbocycles. The highest BCUT2D eigenvalue weighted by atomic mass is 16.1. The monoisotopic (exact) mass is 370 g/mol. The SMILES string of the molecule is CC(C)(C)NCCCNC(=O)c1ccc2c(=O)n3c(nc2c1)CCCCC3. The van der Waals surface area contributed by atoms with Gasteiger partial charge >= 0.3 is 0 Å². The van der Waals surface area contributed by atoms with E-state index in [0.29, 0.717) is 23.0 Å². The van der Waals surface area contributed by atoms with E-state index in [2.05, 4.69) is 36.4 Å². The number of aryl methyl sites for hydroxylation is 1. The number of amides is 1. The van der Waals surface area contributed by atoms with Gasteiger partial charge in [0.1, 0.15) is 5.82 Å². The van der Waals surface area contributed by atoms with E-state index in [1.165, 1.54) is 0 Å². The Kier molecular flexibility index (Phi) is 5.95. The van der Waals surface area contributed by atoms with E-state index >= 15 is 0 Å². The molecule has 1 aliphatic heterocycles. The lowest BCUT2D eigenvalue weighted by Gasteiger charge is -2.20. The third kappa shape index (κ3) is 4.95. The van der Waals surface area contributed by atoms with Crippen molar-refractivity contribution >= 4 is 16.8 Å². The molecule has 1 aromatic heterocycles. The van der Waals surface area contributed by atoms with Crippen molar-refractivity contribution in [1.29, 1.82) is 0 Å². The second kappa shape index (κ2) is 8.21. The minimum atomic E-state index is -0.121. The van der Waals surface area contributed by atoms with Crippen molar-refractivity contribution in [3.05, 3.63) is 39.9 Å². The zero-order valence-electron chi connectivity index (χ0n) is 16.6. The van der Waals surface area contributed by atoms with Crippen LogP contribution in [0.1, 0.15) is 62.6 Å². The van der Waals surface area contributed by atoms with Crippen LogP contribution in [0.25, 0.3) is 10.9 Å². The van der Waals surface area contributed by atoms with Crippen LogP contribution in [0.4, 0.5) is 0 Å². The Bertz CT molecular complexity index is 880. The van der Waals surface area contributed by atoms with Crippen LogP contribution in [0.2, 0.25) is 0 Å². The van der Waals surface area contributed by atoms with E-state index in [4.69, 9.17) is 0 Å². The number of fused-ring (bicyclic) bond motifs is 2. The fraction of sp³-hybridized carbons (Fsp3) is 0.571. The van der Waals surface area contributed by atoms with Gasteiger partial charge in [-0.05, 0) is 64.8 Å². The van der Waals surface area contributed by atoms with Gasteiger partial charge < -0.3 is 10.6 Å². The maximum absolute atomic E-state index is 12.7. The van der Waals surface area contributed by atoms with Gasteiger partial charge in [-0.2, -0.15) is 0 Å². The number of benzene rings is 1. The highest BCUT2D eigenvalue weighted by Crippen LogP contribution is 2.16. The molecule has 1 aromatic carbocycles. The summed E-state index contributed by atoms with van der Waals surface area (Å²) in [6.07, 6.45) is 4.88. The lowest BCUT2D eigenvalue weighted by molar-refractivity contribution is 0.0953. The van der Waals surface area contributed by atoms with Crippen LogP contribution < -0.4 is 16.2 Å². The second-order valence-electron chi connectivity index (χ2n) is 8.31. The van der Waals surface area contributed by atoms with Crippen LogP contribution in [0.5, 0.6) is 0 Å². The molecule has 27 heavy (non-hydrogen) atoms. The van der Waals surface area contributed by atoms with Gasteiger partial charge in [0.05, 0.1) is 10.9 Å². The van der Waals surface area contributed by atoms with Crippen molar-refractivity contribution in [2.24, 2.45) is 0 Å². The minimum absolute atomic E-state index is 0.0112. The van der Waals surface area contributed by atoms with Gasteiger partial charge in [0.25, 0.3) is 11.5 Å². The van der Waals surface area contributed by atoms with E-state index in [1.807, 2.05) is 0 Å². The molecule has 3 rings (SSSR count). The molecule has 2 heterocycles. The summed E-state index contributed by atoms with van der Waals surface area (Å²) in [4.78, 5) is 29.9. The third-order valence-electron chi connectivity index (χ3n) is 4.87. The van der Waals surface area contributed by atoms with Gasteiger partial charge in [0.2, 0.25) is 0 Å². The molecule has 1 amide bonds. The summed E-state index contributed by atoms with van der Waals surface area (Å²) in [5.74, 6) is 0.723. The van der Waals surface area contributed by atoms with Gasteiger partial charge in [0.15, 0.2) is 0 Å². The third-order valence-corrected chi connectivity index (χ3v) is 4.87. The molecule has 0 aliphatic carbocycles. The largest absolute Gasteiger partial charge is 0.352 e. The number of rotatable bonds is 5. The summed E-state index contributed by atoms with van der Waals surface area (Å²) < 4.78 is 1.80. The van der Waals surface area contributed by atoms with Crippen LogP contribution in [0.3, 0.4) is 0 Å². The minimum Gasteiger partial charge on any atom is -0.352 e. The number of carbonyl (C=O) groups excluding carboxylic acids is 1. The molecule has 0 atom stereocenters. The molecular formula is C21H30N4O2. The van der Waals surface area contributed by atoms with E-state index in [0.717, 1.165) is 51.0 Å². The number of hydrogen-bond acceptors (Lipinski definition) is 4. The second-order valence-corrected chi connectivity index (χ2v) is 8.31. The maximum Gasteiger partial charge on any atom is 0.261 e. The number of hydrogen-bond donors (Lipinski definition) is 2. The molecule has 0 unspecified atom stereocenters. The van der Waals surface area contributed by atoms with E-state index < -0.39 is 0 Å². The highest BCUT2D eigenvalue weighted by molar-refractivity contribution is 5.97. The quantitative estimate of drug-likeness (QED) is 0.794. The van der Waals surface area contributed by atoms with Gasteiger partial charge in [-0.1, -0.05) is 6.42 Å². The summed E-state index contributed by atoms with van der Waals surface area (Å²) in [5, 5.41) is 6.94. The first-order valence-corrected chi connectivity index (χ1v) is 9.92. The lowest BCUT2D eigenvalue weighted by Crippen LogP contribution is -2.37. The first-order chi connectivity index (χ1) is 12.8. The summed E-state index contributed by atoms with van der Waals surface area (Å²) >= 11 is 0. The van der Waals surface area contributed by atoms with Crippen LogP contribution in [-0.4, -0.2) is 34.1 Å². The fourth-order valence-corrected chi connectivity index (χ4v) is 3.42. The molecule has 0 fully saturated rings. The topological polar surface area (TPSA) is 76.0 Å². The Morgan fingerprint density at radius 1 is 1.19 bits per heavy atom. The summed E-state index contributed by atoms with van der Waals surface area (Å²) in [5.41, 5.74) is 1.27. The Balaban J connectivity index is 1.70. The van der Waals surface area contributed by atoms with Crippen molar-refractivity contribution in [2.75, 3.05) is 13.1 Å². The standard InChI is InChI=1S/C21H30N4O2/c1-21(2,3)23-12-7-11-22-19(26)15-9-10-16-17(14-15)24-18-8-5-4-6-13-25(18)20(16)27/h9-10,14,23H,4-8,11-13H2,1-3H3,(H,22,26). The predicted molar refractivity (Wildman–Crippen MR) is 108 cm³/mol. The molecule has 0 radical (unpaired) electrons. The number of carbonyl (C=O) groups is 1. The molecular weight excluding hydrogens is 340 g/mol. The first-order valence-electron chi connectivity index (χ1n) is 9.92. The molecule has 146 valence electrons. The molecule has 6 heteroatoms. The molecule has 0 spiro atoms. The van der Waals surface area contributed by atoms with Crippen LogP contribution >= 0.6 is 0 Å². The predicted octanol–water partition coefficient (Wildman–Crippen LogP) is 2.63. The van der Waals surface area contributed by atoms with Crippen LogP contribution in [0, 0.1) is 0 Å². The first kappa shape index (κ1) is 19.5. The molecule has 6 nitrogen and oxygen atoms in total.